The van der Waals surface area contributed by atoms with Crippen molar-refractivity contribution in [1.29, 1.82) is 0 Å². The lowest BCUT2D eigenvalue weighted by atomic mass is 10.0. The molecule has 0 bridgehead atoms. The molecule has 1 aromatic carbocycles. The molecule has 0 saturated heterocycles. The highest BCUT2D eigenvalue weighted by Crippen LogP contribution is 2.30. The SMILES string of the molecule is CCCC(Cl)c1cccc2cccnc12. The summed E-state index contributed by atoms with van der Waals surface area (Å²) in [5.41, 5.74) is 2.19. The second-order valence-electron chi connectivity index (χ2n) is 3.68. The minimum Gasteiger partial charge on any atom is -0.256 e. The molecule has 1 unspecified atom stereocenters. The van der Waals surface area contributed by atoms with E-state index in [-0.39, 0.29) is 5.38 Å². The summed E-state index contributed by atoms with van der Waals surface area (Å²) < 4.78 is 0. The van der Waals surface area contributed by atoms with Gasteiger partial charge in [0.2, 0.25) is 0 Å². The molecular weight excluding hydrogens is 206 g/mol. The summed E-state index contributed by atoms with van der Waals surface area (Å²) in [6, 6.07) is 10.2. The zero-order chi connectivity index (χ0) is 10.7. The Labute approximate surface area is 95.1 Å². The smallest absolute Gasteiger partial charge is 0.0748 e. The normalized spacial score (nSPS) is 12.9. The van der Waals surface area contributed by atoms with Crippen LogP contribution in [0.25, 0.3) is 10.9 Å². The van der Waals surface area contributed by atoms with Crippen LogP contribution in [0.5, 0.6) is 0 Å². The van der Waals surface area contributed by atoms with Gasteiger partial charge in [-0.1, -0.05) is 37.6 Å². The van der Waals surface area contributed by atoms with E-state index in [0.717, 1.165) is 29.3 Å². The first-order chi connectivity index (χ1) is 7.33. The molecule has 1 nitrogen and oxygen atoms in total. The topological polar surface area (TPSA) is 12.9 Å². The number of pyridine rings is 1. The molecule has 1 atom stereocenters. The van der Waals surface area contributed by atoms with Crippen molar-refractivity contribution in [3.8, 4) is 0 Å². The summed E-state index contributed by atoms with van der Waals surface area (Å²) >= 11 is 6.35. The minimum atomic E-state index is 0.0774. The molecule has 15 heavy (non-hydrogen) atoms. The van der Waals surface area contributed by atoms with Gasteiger partial charge in [0.1, 0.15) is 0 Å². The molecule has 2 aromatic rings. The molecule has 0 N–H and O–H groups in total. The maximum atomic E-state index is 6.35. The Kier molecular flexibility index (Phi) is 3.22. The Morgan fingerprint density at radius 3 is 2.87 bits per heavy atom. The first kappa shape index (κ1) is 10.4. The van der Waals surface area contributed by atoms with E-state index >= 15 is 0 Å². The standard InChI is InChI=1S/C13H14ClN/c1-2-5-12(14)11-8-3-6-10-7-4-9-15-13(10)11/h3-4,6-9,12H,2,5H2,1H3. The lowest BCUT2D eigenvalue weighted by Crippen LogP contribution is -1.93. The van der Waals surface area contributed by atoms with Gasteiger partial charge in [0.25, 0.3) is 0 Å². The van der Waals surface area contributed by atoms with Gasteiger partial charge < -0.3 is 0 Å². The number of rotatable bonds is 3. The number of hydrogen-bond acceptors (Lipinski definition) is 1. The van der Waals surface area contributed by atoms with Gasteiger partial charge >= 0.3 is 0 Å². The molecule has 0 aliphatic rings. The third-order valence-electron chi connectivity index (χ3n) is 2.54. The summed E-state index contributed by atoms with van der Waals surface area (Å²) in [7, 11) is 0. The van der Waals surface area contributed by atoms with E-state index in [0.29, 0.717) is 0 Å². The van der Waals surface area contributed by atoms with E-state index in [1.165, 1.54) is 0 Å². The largest absolute Gasteiger partial charge is 0.256 e. The number of fused-ring (bicyclic) bond motifs is 1. The van der Waals surface area contributed by atoms with E-state index in [4.69, 9.17) is 11.6 Å². The number of nitrogens with zero attached hydrogens (tertiary/aromatic N) is 1. The summed E-state index contributed by atoms with van der Waals surface area (Å²) in [5.74, 6) is 0. The maximum Gasteiger partial charge on any atom is 0.0748 e. The highest BCUT2D eigenvalue weighted by molar-refractivity contribution is 6.21. The van der Waals surface area contributed by atoms with Crippen LogP contribution in [0.1, 0.15) is 30.7 Å². The highest BCUT2D eigenvalue weighted by atomic mass is 35.5. The van der Waals surface area contributed by atoms with Crippen LogP contribution in [0.3, 0.4) is 0 Å². The second kappa shape index (κ2) is 4.63. The fraction of sp³-hybridized carbons (Fsp3) is 0.308. The van der Waals surface area contributed by atoms with Gasteiger partial charge in [-0.3, -0.25) is 4.98 Å². The van der Waals surface area contributed by atoms with Crippen LogP contribution in [0.15, 0.2) is 36.5 Å². The molecule has 0 saturated carbocycles. The molecular formula is C13H14ClN. The van der Waals surface area contributed by atoms with Gasteiger partial charge in [0.05, 0.1) is 10.9 Å². The number of alkyl halides is 1. The fourth-order valence-electron chi connectivity index (χ4n) is 1.79. The number of hydrogen-bond donors (Lipinski definition) is 0. The van der Waals surface area contributed by atoms with Crippen molar-refractivity contribution in [3.05, 3.63) is 42.1 Å². The number of aromatic nitrogens is 1. The van der Waals surface area contributed by atoms with Gasteiger partial charge in [0, 0.05) is 11.6 Å². The number of halogens is 1. The molecule has 1 aromatic heterocycles. The number of benzene rings is 1. The van der Waals surface area contributed by atoms with Crippen LogP contribution in [-0.4, -0.2) is 4.98 Å². The Morgan fingerprint density at radius 2 is 2.07 bits per heavy atom. The van der Waals surface area contributed by atoms with Gasteiger partial charge in [0.15, 0.2) is 0 Å². The average Bonchev–Trinajstić information content (AvgIpc) is 2.28. The Balaban J connectivity index is 2.50. The van der Waals surface area contributed by atoms with Crippen molar-refractivity contribution in [2.24, 2.45) is 0 Å². The van der Waals surface area contributed by atoms with Crippen LogP contribution in [0, 0.1) is 0 Å². The van der Waals surface area contributed by atoms with E-state index in [2.05, 4.69) is 30.1 Å². The second-order valence-corrected chi connectivity index (χ2v) is 4.21. The average molecular weight is 220 g/mol. The van der Waals surface area contributed by atoms with E-state index in [1.807, 2.05) is 18.3 Å². The molecule has 2 rings (SSSR count). The van der Waals surface area contributed by atoms with E-state index in [1.54, 1.807) is 0 Å². The van der Waals surface area contributed by atoms with Crippen molar-refractivity contribution < 1.29 is 0 Å². The predicted molar refractivity (Wildman–Crippen MR) is 65.2 cm³/mol. The van der Waals surface area contributed by atoms with Crippen LogP contribution in [0.2, 0.25) is 0 Å². The minimum absolute atomic E-state index is 0.0774. The van der Waals surface area contributed by atoms with Gasteiger partial charge in [-0.15, -0.1) is 11.6 Å². The Morgan fingerprint density at radius 1 is 1.27 bits per heavy atom. The molecule has 0 fully saturated rings. The van der Waals surface area contributed by atoms with Crippen LogP contribution in [0.4, 0.5) is 0 Å². The molecule has 0 aliphatic heterocycles. The molecule has 0 aliphatic carbocycles. The van der Waals surface area contributed by atoms with Crippen molar-refractivity contribution in [2.45, 2.75) is 25.1 Å². The summed E-state index contributed by atoms with van der Waals surface area (Å²) in [5, 5.41) is 1.24. The molecule has 0 amide bonds. The van der Waals surface area contributed by atoms with Crippen molar-refractivity contribution in [2.75, 3.05) is 0 Å². The van der Waals surface area contributed by atoms with Gasteiger partial charge in [-0.2, -0.15) is 0 Å². The Bertz CT molecular complexity index is 448. The van der Waals surface area contributed by atoms with Crippen LogP contribution >= 0.6 is 11.6 Å². The van der Waals surface area contributed by atoms with Crippen molar-refractivity contribution >= 4 is 22.5 Å². The third-order valence-corrected chi connectivity index (χ3v) is 3.00. The Hall–Kier alpha value is -1.08. The van der Waals surface area contributed by atoms with Crippen molar-refractivity contribution in [3.63, 3.8) is 0 Å². The monoisotopic (exact) mass is 219 g/mol. The van der Waals surface area contributed by atoms with Crippen LogP contribution in [-0.2, 0) is 0 Å². The lowest BCUT2D eigenvalue weighted by Gasteiger charge is -2.10. The number of para-hydroxylation sites is 1. The fourth-order valence-corrected chi connectivity index (χ4v) is 2.18. The maximum absolute atomic E-state index is 6.35. The van der Waals surface area contributed by atoms with E-state index < -0.39 is 0 Å². The molecule has 1 heterocycles. The lowest BCUT2D eigenvalue weighted by molar-refractivity contribution is 0.773. The summed E-state index contributed by atoms with van der Waals surface area (Å²) in [6.45, 7) is 2.15. The molecule has 0 radical (unpaired) electrons. The van der Waals surface area contributed by atoms with Gasteiger partial charge in [-0.25, -0.2) is 0 Å². The predicted octanol–water partition coefficient (Wildman–Crippen LogP) is 4.31. The van der Waals surface area contributed by atoms with E-state index in [9.17, 15) is 0 Å². The summed E-state index contributed by atoms with van der Waals surface area (Å²) in [6.07, 6.45) is 3.91. The highest BCUT2D eigenvalue weighted by Gasteiger charge is 2.10. The summed E-state index contributed by atoms with van der Waals surface area (Å²) in [4.78, 5) is 4.40. The third kappa shape index (κ3) is 2.13. The first-order valence-corrected chi connectivity index (χ1v) is 5.74. The van der Waals surface area contributed by atoms with Gasteiger partial charge in [-0.05, 0) is 18.1 Å². The zero-order valence-corrected chi connectivity index (χ0v) is 9.54. The van der Waals surface area contributed by atoms with Crippen LogP contribution < -0.4 is 0 Å². The molecule has 78 valence electrons. The quantitative estimate of drug-likeness (QED) is 0.701. The zero-order valence-electron chi connectivity index (χ0n) is 8.78. The molecule has 0 spiro atoms. The molecule has 2 heteroatoms. The first-order valence-electron chi connectivity index (χ1n) is 5.30. The van der Waals surface area contributed by atoms with Crippen molar-refractivity contribution in [1.82, 2.24) is 4.98 Å².